The van der Waals surface area contributed by atoms with Gasteiger partial charge < -0.3 is 9.47 Å². The normalized spacial score (nSPS) is 16.0. The summed E-state index contributed by atoms with van der Waals surface area (Å²) >= 11 is 0. The van der Waals surface area contributed by atoms with Gasteiger partial charge in [0.2, 0.25) is 20.0 Å². The van der Waals surface area contributed by atoms with Crippen molar-refractivity contribution in [1.29, 1.82) is 0 Å². The molecule has 0 unspecified atom stereocenters. The summed E-state index contributed by atoms with van der Waals surface area (Å²) in [7, 11) is -10.8. The zero-order valence-electron chi connectivity index (χ0n) is 17.3. The molecule has 13 heteroatoms. The Bertz CT molecular complexity index is 1230. The maximum Gasteiger partial charge on any atom is 0.243 e. The highest BCUT2D eigenvalue weighted by Gasteiger charge is 2.26. The van der Waals surface area contributed by atoms with E-state index in [1.165, 1.54) is 52.8 Å². The van der Waals surface area contributed by atoms with Crippen LogP contribution in [0.4, 0.5) is 0 Å². The van der Waals surface area contributed by atoms with Crippen LogP contribution in [-0.4, -0.2) is 75.3 Å². The Hall–Kier alpha value is -2.03. The van der Waals surface area contributed by atoms with Crippen molar-refractivity contribution in [3.05, 3.63) is 48.5 Å². The maximum atomic E-state index is 12.6. The minimum absolute atomic E-state index is 0.0101. The molecule has 2 aromatic rings. The van der Waals surface area contributed by atoms with Gasteiger partial charge in [0.15, 0.2) is 9.84 Å². The van der Waals surface area contributed by atoms with E-state index in [1.54, 1.807) is 0 Å². The van der Waals surface area contributed by atoms with Gasteiger partial charge >= 0.3 is 0 Å². The summed E-state index contributed by atoms with van der Waals surface area (Å²) in [4.78, 5) is 0.103. The van der Waals surface area contributed by atoms with Crippen LogP contribution in [0.3, 0.4) is 0 Å². The molecule has 1 heterocycles. The molecule has 0 radical (unpaired) electrons. The zero-order chi connectivity index (χ0) is 23.4. The number of morpholine rings is 1. The first-order valence-corrected chi connectivity index (χ1v) is 14.4. The van der Waals surface area contributed by atoms with Gasteiger partial charge in [0.25, 0.3) is 0 Å². The van der Waals surface area contributed by atoms with Crippen LogP contribution in [0, 0.1) is 0 Å². The molecule has 32 heavy (non-hydrogen) atoms. The van der Waals surface area contributed by atoms with Crippen molar-refractivity contribution in [2.75, 3.05) is 45.7 Å². The molecule has 0 aromatic heterocycles. The minimum atomic E-state index is -3.84. The van der Waals surface area contributed by atoms with Crippen molar-refractivity contribution in [3.8, 4) is 5.75 Å². The number of hydrogen-bond donors (Lipinski definition) is 1. The van der Waals surface area contributed by atoms with Gasteiger partial charge in [0.1, 0.15) is 12.4 Å². The van der Waals surface area contributed by atoms with Crippen LogP contribution in [0.2, 0.25) is 0 Å². The van der Waals surface area contributed by atoms with Gasteiger partial charge in [-0.05, 0) is 48.5 Å². The second kappa shape index (κ2) is 9.85. The zero-order valence-corrected chi connectivity index (χ0v) is 19.7. The summed E-state index contributed by atoms with van der Waals surface area (Å²) in [5.74, 6) is 0.391. The van der Waals surface area contributed by atoms with E-state index in [0.717, 1.165) is 6.26 Å². The van der Waals surface area contributed by atoms with Gasteiger partial charge in [0.05, 0.1) is 27.9 Å². The molecule has 0 amide bonds. The molecule has 0 aliphatic carbocycles. The standard InChI is InChI=1S/C19H24N2O8S3/c1-30(22,23)17-6-8-18(9-7-17)31(24,25)20-10-13-29-16-2-4-19(5-3-16)32(26,27)21-11-14-28-15-12-21/h2-9,20H,10-15H2,1H3. The Labute approximate surface area is 188 Å². The van der Waals surface area contributed by atoms with E-state index in [2.05, 4.69) is 4.72 Å². The van der Waals surface area contributed by atoms with Gasteiger partial charge in [-0.15, -0.1) is 0 Å². The molecular formula is C19H24N2O8S3. The first-order chi connectivity index (χ1) is 15.0. The summed E-state index contributed by atoms with van der Waals surface area (Å²) in [6.45, 7) is 1.30. The maximum absolute atomic E-state index is 12.6. The number of hydrogen-bond acceptors (Lipinski definition) is 8. The number of sulfonamides is 2. The first-order valence-electron chi connectivity index (χ1n) is 9.61. The smallest absolute Gasteiger partial charge is 0.243 e. The fourth-order valence-electron chi connectivity index (χ4n) is 2.94. The largest absolute Gasteiger partial charge is 0.492 e. The molecule has 1 saturated heterocycles. The molecule has 3 rings (SSSR count). The average Bonchev–Trinajstić information content (AvgIpc) is 2.77. The lowest BCUT2D eigenvalue weighted by molar-refractivity contribution is 0.0730. The summed E-state index contributed by atoms with van der Waals surface area (Å²) in [6, 6.07) is 10.8. The molecule has 2 aromatic carbocycles. The SMILES string of the molecule is CS(=O)(=O)c1ccc(S(=O)(=O)NCCOc2ccc(S(=O)(=O)N3CCOCC3)cc2)cc1. The minimum Gasteiger partial charge on any atom is -0.492 e. The fraction of sp³-hybridized carbons (Fsp3) is 0.368. The van der Waals surface area contributed by atoms with Gasteiger partial charge in [-0.2, -0.15) is 4.31 Å². The third kappa shape index (κ3) is 6.05. The lowest BCUT2D eigenvalue weighted by Gasteiger charge is -2.26. The lowest BCUT2D eigenvalue weighted by Crippen LogP contribution is -2.40. The predicted octanol–water partition coefficient (Wildman–Crippen LogP) is 0.468. The molecule has 0 spiro atoms. The van der Waals surface area contributed by atoms with Crippen LogP contribution in [0.15, 0.2) is 63.2 Å². The third-order valence-corrected chi connectivity index (χ3v) is 9.17. The monoisotopic (exact) mass is 504 g/mol. The number of benzene rings is 2. The van der Waals surface area contributed by atoms with E-state index >= 15 is 0 Å². The van der Waals surface area contributed by atoms with Crippen LogP contribution < -0.4 is 9.46 Å². The van der Waals surface area contributed by atoms with E-state index in [-0.39, 0.29) is 27.8 Å². The van der Waals surface area contributed by atoms with E-state index in [9.17, 15) is 25.3 Å². The van der Waals surface area contributed by atoms with Crippen molar-refractivity contribution >= 4 is 29.9 Å². The molecule has 176 valence electrons. The molecule has 0 atom stereocenters. The second-order valence-corrected chi connectivity index (χ2v) is 12.7. The molecule has 0 saturated carbocycles. The highest BCUT2D eigenvalue weighted by molar-refractivity contribution is 7.91. The van der Waals surface area contributed by atoms with Crippen LogP contribution >= 0.6 is 0 Å². The van der Waals surface area contributed by atoms with E-state index in [1.807, 2.05) is 0 Å². The van der Waals surface area contributed by atoms with Crippen LogP contribution in [0.25, 0.3) is 0 Å². The summed E-state index contributed by atoms with van der Waals surface area (Å²) in [5.41, 5.74) is 0. The first kappa shape index (κ1) is 24.6. The molecule has 10 nitrogen and oxygen atoms in total. The number of nitrogens with zero attached hydrogens (tertiary/aromatic N) is 1. The third-order valence-electron chi connectivity index (χ3n) is 4.66. The molecule has 1 aliphatic rings. The van der Waals surface area contributed by atoms with Crippen LogP contribution in [0.1, 0.15) is 0 Å². The lowest BCUT2D eigenvalue weighted by atomic mass is 10.3. The summed E-state index contributed by atoms with van der Waals surface area (Å²) < 4.78 is 87.2. The van der Waals surface area contributed by atoms with E-state index < -0.39 is 29.9 Å². The number of ether oxygens (including phenoxy) is 2. The molecule has 0 bridgehead atoms. The van der Waals surface area contributed by atoms with Crippen molar-refractivity contribution in [2.45, 2.75) is 14.7 Å². The Kier molecular flexibility index (Phi) is 7.57. The van der Waals surface area contributed by atoms with Crippen molar-refractivity contribution in [2.24, 2.45) is 0 Å². The van der Waals surface area contributed by atoms with Crippen molar-refractivity contribution < 1.29 is 34.7 Å². The topological polar surface area (TPSA) is 136 Å². The summed E-state index contributed by atoms with van der Waals surface area (Å²) in [5, 5.41) is 0. The fourth-order valence-corrected chi connectivity index (χ4v) is 5.99. The average molecular weight is 505 g/mol. The van der Waals surface area contributed by atoms with Gasteiger partial charge in [-0.3, -0.25) is 0 Å². The Morgan fingerprint density at radius 3 is 1.94 bits per heavy atom. The predicted molar refractivity (Wildman–Crippen MR) is 116 cm³/mol. The number of nitrogens with one attached hydrogen (secondary N) is 1. The number of rotatable bonds is 9. The van der Waals surface area contributed by atoms with Gasteiger partial charge in [0, 0.05) is 25.9 Å². The second-order valence-electron chi connectivity index (χ2n) is 6.98. The van der Waals surface area contributed by atoms with Crippen LogP contribution in [0.5, 0.6) is 5.75 Å². The molecular weight excluding hydrogens is 480 g/mol. The van der Waals surface area contributed by atoms with E-state index in [4.69, 9.17) is 9.47 Å². The summed E-state index contributed by atoms with van der Waals surface area (Å²) in [6.07, 6.45) is 1.04. The van der Waals surface area contributed by atoms with Crippen molar-refractivity contribution in [3.63, 3.8) is 0 Å². The van der Waals surface area contributed by atoms with E-state index in [0.29, 0.717) is 32.1 Å². The Balaban J connectivity index is 1.53. The van der Waals surface area contributed by atoms with Crippen molar-refractivity contribution in [1.82, 2.24) is 9.03 Å². The quantitative estimate of drug-likeness (QED) is 0.487. The Morgan fingerprint density at radius 2 is 1.38 bits per heavy atom. The molecule has 1 N–H and O–H groups in total. The van der Waals surface area contributed by atoms with Gasteiger partial charge in [-0.1, -0.05) is 0 Å². The van der Waals surface area contributed by atoms with Gasteiger partial charge in [-0.25, -0.2) is 30.0 Å². The van der Waals surface area contributed by atoms with Crippen LogP contribution in [-0.2, 0) is 34.6 Å². The highest BCUT2D eigenvalue weighted by Crippen LogP contribution is 2.20. The highest BCUT2D eigenvalue weighted by atomic mass is 32.2. The number of sulfone groups is 1. The molecule has 1 aliphatic heterocycles. The molecule has 1 fully saturated rings. The Morgan fingerprint density at radius 1 is 0.844 bits per heavy atom.